The molecule has 0 saturated carbocycles. The number of amides is 2. The Labute approximate surface area is 274 Å². The predicted octanol–water partition coefficient (Wildman–Crippen LogP) is 4.50. The number of fused-ring (bicyclic) bond motifs is 1. The predicted molar refractivity (Wildman–Crippen MR) is 178 cm³/mol. The summed E-state index contributed by atoms with van der Waals surface area (Å²) in [7, 11) is -1.90. The standard InChI is InChI=1S/C33H42N3O8PS/c1-6-44-32(41)24-12-9-11-23(18-24)29(37)35-36-27-13-8-7-10-22(27)14-15-28(36)46-19-33(42,45-43)25(16-20(2)3)30(38)34-26(31(39)40)17-21(4)5/h7-15,18,20-21,25-26,42H,6,16-17,19,45H2,1-5H3,(H2-,34,35,37,38,39,40)/p+1/t25?,26-,33?/m0/s1. The third-order valence-corrected chi connectivity index (χ3v) is 9.79. The van der Waals surface area contributed by atoms with Gasteiger partial charge in [-0.05, 0) is 61.9 Å². The van der Waals surface area contributed by atoms with Crippen molar-refractivity contribution in [3.63, 3.8) is 0 Å². The molecule has 0 aliphatic carbocycles. The Morgan fingerprint density at radius 2 is 1.63 bits per heavy atom. The van der Waals surface area contributed by atoms with Crippen molar-refractivity contribution in [1.82, 2.24) is 5.32 Å². The number of hydrogen-bond acceptors (Lipinski definition) is 8. The molecule has 4 N–H and O–H groups in total. The van der Waals surface area contributed by atoms with E-state index in [1.807, 2.05) is 45.9 Å². The Balaban J connectivity index is 1.95. The Morgan fingerprint density at radius 3 is 2.26 bits per heavy atom. The highest BCUT2D eigenvalue weighted by molar-refractivity contribution is 7.99. The Morgan fingerprint density at radius 1 is 0.957 bits per heavy atom. The molecule has 0 saturated heterocycles. The number of thioether (sulfide) groups is 1. The van der Waals surface area contributed by atoms with Crippen molar-refractivity contribution in [2.75, 3.05) is 17.8 Å². The van der Waals surface area contributed by atoms with Crippen molar-refractivity contribution in [2.24, 2.45) is 17.8 Å². The molecule has 3 unspecified atom stereocenters. The number of benzene rings is 2. The largest absolute Gasteiger partial charge is 0.480 e. The lowest BCUT2D eigenvalue weighted by Crippen LogP contribution is -2.52. The van der Waals surface area contributed by atoms with Gasteiger partial charge < -0.3 is 24.8 Å². The molecular formula is C33H43N3O8PS+. The first kappa shape index (κ1) is 36.7. The van der Waals surface area contributed by atoms with Crippen LogP contribution in [0.1, 0.15) is 68.2 Å². The van der Waals surface area contributed by atoms with Gasteiger partial charge >= 0.3 is 17.8 Å². The molecule has 46 heavy (non-hydrogen) atoms. The maximum atomic E-state index is 13.5. The molecule has 11 nitrogen and oxygen atoms in total. The van der Waals surface area contributed by atoms with Gasteiger partial charge in [0.05, 0.1) is 26.5 Å². The third-order valence-electron chi connectivity index (χ3n) is 7.26. The van der Waals surface area contributed by atoms with Gasteiger partial charge in [-0.1, -0.05) is 62.3 Å². The van der Waals surface area contributed by atoms with Gasteiger partial charge in [0.15, 0.2) is 0 Å². The van der Waals surface area contributed by atoms with E-state index in [4.69, 9.17) is 4.74 Å². The van der Waals surface area contributed by atoms with E-state index in [1.54, 1.807) is 48.0 Å². The number of carbonyl (C=O) groups excluding carboxylic acids is 3. The average molecular weight is 673 g/mol. The third kappa shape index (κ3) is 9.64. The number of aromatic nitrogens is 1. The van der Waals surface area contributed by atoms with Gasteiger partial charge in [-0.25, -0.2) is 9.59 Å². The molecule has 2 amide bonds. The van der Waals surface area contributed by atoms with Gasteiger partial charge in [0.2, 0.25) is 11.4 Å². The number of para-hydroxylation sites is 1. The highest BCUT2D eigenvalue weighted by Gasteiger charge is 2.43. The molecule has 0 radical (unpaired) electrons. The van der Waals surface area contributed by atoms with Crippen molar-refractivity contribution in [2.45, 2.75) is 63.9 Å². The van der Waals surface area contributed by atoms with Crippen LogP contribution in [0, 0.1) is 17.8 Å². The van der Waals surface area contributed by atoms with E-state index >= 15 is 0 Å². The number of esters is 1. The topological polar surface area (TPSA) is 163 Å². The van der Waals surface area contributed by atoms with Crippen LogP contribution in [-0.4, -0.2) is 57.7 Å². The van der Waals surface area contributed by atoms with Gasteiger partial charge in [0.25, 0.3) is 5.03 Å². The maximum Gasteiger partial charge on any atom is 0.338 e. The molecule has 3 aromatic rings. The SMILES string of the molecule is CCOC(=O)c1cccc(C(=O)N[n+]2c(SCC(O)([PH2]=O)C(CC(C)C)C(=O)N[C@@H](CC(C)C)C(=O)O)ccc3ccccc32)c1. The summed E-state index contributed by atoms with van der Waals surface area (Å²) in [6.07, 6.45) is 0.379. The zero-order valence-electron chi connectivity index (χ0n) is 26.7. The second kappa shape index (κ2) is 16.7. The van der Waals surface area contributed by atoms with Crippen molar-refractivity contribution in [3.8, 4) is 0 Å². The monoisotopic (exact) mass is 672 g/mol. The lowest BCUT2D eigenvalue weighted by molar-refractivity contribution is -0.653. The summed E-state index contributed by atoms with van der Waals surface area (Å²) >= 11 is 1.10. The smallest absolute Gasteiger partial charge is 0.338 e. The first-order valence-electron chi connectivity index (χ1n) is 15.2. The first-order chi connectivity index (χ1) is 21.8. The van der Waals surface area contributed by atoms with E-state index in [0.717, 1.165) is 17.1 Å². The van der Waals surface area contributed by atoms with Gasteiger partial charge in [0, 0.05) is 28.8 Å². The molecule has 2 aromatic carbocycles. The number of nitrogens with zero attached hydrogens (tertiary/aromatic N) is 1. The summed E-state index contributed by atoms with van der Waals surface area (Å²) in [5.74, 6) is -4.31. The van der Waals surface area contributed by atoms with Crippen LogP contribution in [0.4, 0.5) is 0 Å². The first-order valence-corrected chi connectivity index (χ1v) is 17.2. The number of nitrogens with one attached hydrogen (secondary N) is 2. The van der Waals surface area contributed by atoms with Crippen LogP contribution in [0.25, 0.3) is 10.9 Å². The molecule has 1 aromatic heterocycles. The summed E-state index contributed by atoms with van der Waals surface area (Å²) in [5, 5.41) is 23.3. The molecule has 0 bridgehead atoms. The molecule has 248 valence electrons. The maximum absolute atomic E-state index is 13.5. The van der Waals surface area contributed by atoms with E-state index in [1.165, 1.54) is 6.07 Å². The molecule has 3 rings (SSSR count). The minimum absolute atomic E-state index is 0.00396. The fourth-order valence-corrected chi connectivity index (χ4v) is 6.95. The number of carboxylic acids is 1. The molecule has 0 aliphatic rings. The zero-order valence-corrected chi connectivity index (χ0v) is 28.7. The lowest BCUT2D eigenvalue weighted by atomic mass is 9.90. The number of carboxylic acid groups (broad SMARTS) is 1. The minimum atomic E-state index is -1.96. The highest BCUT2D eigenvalue weighted by atomic mass is 32.2. The second-order valence-corrected chi connectivity index (χ2v) is 14.1. The minimum Gasteiger partial charge on any atom is -0.480 e. The number of carbonyl (C=O) groups is 4. The van der Waals surface area contributed by atoms with Crippen molar-refractivity contribution in [3.05, 3.63) is 71.8 Å². The van der Waals surface area contributed by atoms with Crippen molar-refractivity contribution >= 4 is 54.9 Å². The Hall–Kier alpha value is -3.73. The second-order valence-electron chi connectivity index (χ2n) is 11.9. The summed E-state index contributed by atoms with van der Waals surface area (Å²) in [6.45, 7) is 9.30. The number of aliphatic hydroxyl groups is 1. The van der Waals surface area contributed by atoms with Gasteiger partial charge in [-0.15, -0.1) is 5.43 Å². The fraction of sp³-hybridized carbons (Fsp3) is 0.424. The summed E-state index contributed by atoms with van der Waals surface area (Å²) < 4.78 is 19.3. The van der Waals surface area contributed by atoms with E-state index < -0.39 is 49.5 Å². The Kier molecular flexibility index (Phi) is 13.4. The number of ether oxygens (including phenoxy) is 1. The van der Waals surface area contributed by atoms with Crippen LogP contribution < -0.4 is 15.4 Å². The molecule has 1 heterocycles. The molecule has 0 aliphatic heterocycles. The summed E-state index contributed by atoms with van der Waals surface area (Å²) in [6, 6.07) is 15.9. The summed E-state index contributed by atoms with van der Waals surface area (Å²) in [4.78, 5) is 51.1. The normalized spacial score (nSPS) is 14.3. The van der Waals surface area contributed by atoms with Crippen LogP contribution in [0.5, 0.6) is 0 Å². The summed E-state index contributed by atoms with van der Waals surface area (Å²) in [5.41, 5.74) is 3.94. The Bertz CT molecular complexity index is 1580. The molecule has 13 heteroatoms. The van der Waals surface area contributed by atoms with E-state index in [0.29, 0.717) is 10.5 Å². The average Bonchev–Trinajstić information content (AvgIpc) is 3.02. The van der Waals surface area contributed by atoms with E-state index in [2.05, 4.69) is 10.7 Å². The van der Waals surface area contributed by atoms with Crippen LogP contribution in [0.2, 0.25) is 0 Å². The van der Waals surface area contributed by atoms with Gasteiger partial charge in [-0.2, -0.15) is 0 Å². The fourth-order valence-electron chi connectivity index (χ4n) is 4.96. The number of hydrogen-bond donors (Lipinski definition) is 4. The van der Waals surface area contributed by atoms with E-state index in [9.17, 15) is 34.0 Å². The van der Waals surface area contributed by atoms with Crippen molar-refractivity contribution in [1.29, 1.82) is 0 Å². The van der Waals surface area contributed by atoms with Crippen LogP contribution in [0.3, 0.4) is 0 Å². The van der Waals surface area contributed by atoms with Crippen LogP contribution >= 0.6 is 20.2 Å². The molecule has 0 spiro atoms. The number of aliphatic carboxylic acids is 1. The molecule has 4 atom stereocenters. The zero-order chi connectivity index (χ0) is 34.0. The van der Waals surface area contributed by atoms with Gasteiger partial charge in [-0.3, -0.25) is 9.59 Å². The van der Waals surface area contributed by atoms with Crippen molar-refractivity contribution < 1.29 is 43.4 Å². The van der Waals surface area contributed by atoms with E-state index in [-0.39, 0.29) is 48.2 Å². The molecular weight excluding hydrogens is 629 g/mol. The van der Waals surface area contributed by atoms with Crippen LogP contribution in [-0.2, 0) is 18.9 Å². The number of rotatable bonds is 16. The lowest BCUT2D eigenvalue weighted by Gasteiger charge is -2.32. The van der Waals surface area contributed by atoms with Gasteiger partial charge in [0.1, 0.15) is 11.4 Å². The quantitative estimate of drug-likeness (QED) is 0.0743. The highest BCUT2D eigenvalue weighted by Crippen LogP contribution is 2.38. The molecule has 0 fully saturated rings. The number of pyridine rings is 1. The van der Waals surface area contributed by atoms with Crippen LogP contribution in [0.15, 0.2) is 65.7 Å².